The summed E-state index contributed by atoms with van der Waals surface area (Å²) in [7, 11) is 0. The second-order valence-electron chi connectivity index (χ2n) is 13.7. The average Bonchev–Trinajstić information content (AvgIpc) is 3.78. The third-order valence-electron chi connectivity index (χ3n) is 10.6. The highest BCUT2D eigenvalue weighted by Crippen LogP contribution is 2.48. The fourth-order valence-corrected chi connectivity index (χ4v) is 9.32. The molecule has 248 valence electrons. The predicted molar refractivity (Wildman–Crippen MR) is 227 cm³/mol. The molecule has 11 aromatic rings. The summed E-state index contributed by atoms with van der Waals surface area (Å²) < 4.78 is 9.08. The van der Waals surface area contributed by atoms with Crippen LogP contribution in [0.15, 0.2) is 192 Å². The fraction of sp³-hybridized carbons (Fsp3) is 0. The Labute approximate surface area is 310 Å². The molecule has 0 N–H and O–H groups in total. The molecule has 0 fully saturated rings. The van der Waals surface area contributed by atoms with Gasteiger partial charge in [0.15, 0.2) is 0 Å². The monoisotopic (exact) mass is 693 g/mol. The fourth-order valence-electron chi connectivity index (χ4n) is 8.11. The first-order valence-corrected chi connectivity index (χ1v) is 18.8. The van der Waals surface area contributed by atoms with Gasteiger partial charge in [-0.1, -0.05) is 133 Å². The molecule has 2 nitrogen and oxygen atoms in total. The number of nitrogens with zero attached hydrogens (tertiary/aromatic N) is 1. The Kier molecular flexibility index (Phi) is 6.76. The molecule has 11 rings (SSSR count). The summed E-state index contributed by atoms with van der Waals surface area (Å²) in [5, 5.41) is 9.65. The van der Waals surface area contributed by atoms with Crippen LogP contribution in [0.25, 0.3) is 85.9 Å². The van der Waals surface area contributed by atoms with Gasteiger partial charge in [-0.25, -0.2) is 0 Å². The van der Waals surface area contributed by atoms with Crippen molar-refractivity contribution in [1.82, 2.24) is 0 Å². The number of benzene rings is 9. The second-order valence-corrected chi connectivity index (χ2v) is 14.7. The van der Waals surface area contributed by atoms with E-state index in [-0.39, 0.29) is 0 Å². The minimum absolute atomic E-state index is 0.900. The Balaban J connectivity index is 1.11. The average molecular weight is 694 g/mol. The summed E-state index contributed by atoms with van der Waals surface area (Å²) in [6.45, 7) is 0. The number of hydrogen-bond acceptors (Lipinski definition) is 3. The van der Waals surface area contributed by atoms with E-state index in [4.69, 9.17) is 4.42 Å². The summed E-state index contributed by atoms with van der Waals surface area (Å²) >= 11 is 1.86. The van der Waals surface area contributed by atoms with E-state index in [1.54, 1.807) is 0 Å². The van der Waals surface area contributed by atoms with E-state index in [2.05, 4.69) is 193 Å². The maximum Gasteiger partial charge on any atom is 0.136 e. The van der Waals surface area contributed by atoms with Crippen molar-refractivity contribution in [3.63, 3.8) is 0 Å². The van der Waals surface area contributed by atoms with E-state index in [1.807, 2.05) is 11.3 Å². The van der Waals surface area contributed by atoms with Crippen LogP contribution in [-0.2, 0) is 0 Å². The van der Waals surface area contributed by atoms with Gasteiger partial charge in [-0.2, -0.15) is 0 Å². The molecule has 0 radical (unpaired) electrons. The zero-order valence-corrected chi connectivity index (χ0v) is 29.5. The number of furan rings is 1. The van der Waals surface area contributed by atoms with Gasteiger partial charge in [-0.05, 0) is 93.0 Å². The quantitative estimate of drug-likeness (QED) is 0.178. The van der Waals surface area contributed by atoms with Gasteiger partial charge < -0.3 is 9.32 Å². The topological polar surface area (TPSA) is 16.4 Å². The standard InChI is InChI=1S/C50H31NOS/c1-2-11-32(12-3-1)33-21-24-37(25-22-33)51(46-19-10-18-43-42-17-8-9-20-49(42)53-50(43)46)45-28-27-38(39-15-6-7-16-40(39)45)36-23-26-41-44-29-34-13-4-5-14-35(34)30-48(44)52-47(41)31-36/h1-31H. The maximum absolute atomic E-state index is 6.51. The number of thiophene rings is 1. The molecule has 3 heteroatoms. The number of hydrogen-bond donors (Lipinski definition) is 0. The van der Waals surface area contributed by atoms with Crippen LogP contribution >= 0.6 is 11.3 Å². The summed E-state index contributed by atoms with van der Waals surface area (Å²) in [4.78, 5) is 2.45. The first-order valence-electron chi connectivity index (χ1n) is 18.0. The van der Waals surface area contributed by atoms with Crippen molar-refractivity contribution in [2.45, 2.75) is 0 Å². The van der Waals surface area contributed by atoms with Crippen molar-refractivity contribution >= 4 is 92.1 Å². The summed E-state index contributed by atoms with van der Waals surface area (Å²) in [6, 6.07) is 68.0. The summed E-state index contributed by atoms with van der Waals surface area (Å²) in [5.74, 6) is 0. The molecule has 0 saturated carbocycles. The zero-order chi connectivity index (χ0) is 34.9. The Morgan fingerprint density at radius 2 is 1.04 bits per heavy atom. The van der Waals surface area contributed by atoms with Gasteiger partial charge in [0.05, 0.1) is 16.1 Å². The van der Waals surface area contributed by atoms with Gasteiger partial charge >= 0.3 is 0 Å². The largest absolute Gasteiger partial charge is 0.456 e. The first kappa shape index (κ1) is 30.0. The highest BCUT2D eigenvalue weighted by Gasteiger charge is 2.21. The lowest BCUT2D eigenvalue weighted by Gasteiger charge is -2.28. The van der Waals surface area contributed by atoms with Crippen molar-refractivity contribution in [3.8, 4) is 22.3 Å². The molecule has 53 heavy (non-hydrogen) atoms. The Hall–Kier alpha value is -6.68. The van der Waals surface area contributed by atoms with Crippen LogP contribution in [-0.4, -0.2) is 0 Å². The molecule has 2 aromatic heterocycles. The van der Waals surface area contributed by atoms with Crippen LogP contribution in [0.3, 0.4) is 0 Å². The molecule has 0 bridgehead atoms. The van der Waals surface area contributed by atoms with Crippen molar-refractivity contribution in [1.29, 1.82) is 0 Å². The minimum Gasteiger partial charge on any atom is -0.456 e. The van der Waals surface area contributed by atoms with Gasteiger partial charge in [-0.15, -0.1) is 11.3 Å². The van der Waals surface area contributed by atoms with Gasteiger partial charge in [0.1, 0.15) is 11.2 Å². The summed E-state index contributed by atoms with van der Waals surface area (Å²) in [6.07, 6.45) is 0. The van der Waals surface area contributed by atoms with E-state index in [0.29, 0.717) is 0 Å². The lowest BCUT2D eigenvalue weighted by Crippen LogP contribution is -2.10. The van der Waals surface area contributed by atoms with Crippen LogP contribution < -0.4 is 4.90 Å². The molecule has 0 aliphatic rings. The third-order valence-corrected chi connectivity index (χ3v) is 11.9. The van der Waals surface area contributed by atoms with Crippen LogP contribution in [0.1, 0.15) is 0 Å². The Bertz CT molecular complexity index is 3170. The van der Waals surface area contributed by atoms with Crippen LogP contribution in [0.2, 0.25) is 0 Å². The number of anilines is 3. The molecule has 2 heterocycles. The number of rotatable bonds is 5. The van der Waals surface area contributed by atoms with E-state index in [0.717, 1.165) is 38.9 Å². The maximum atomic E-state index is 6.51. The highest BCUT2D eigenvalue weighted by atomic mass is 32.1. The first-order chi connectivity index (χ1) is 26.3. The minimum atomic E-state index is 0.900. The van der Waals surface area contributed by atoms with E-state index >= 15 is 0 Å². The molecule has 9 aromatic carbocycles. The second kappa shape index (κ2) is 11.9. The lowest BCUT2D eigenvalue weighted by atomic mass is 9.95. The van der Waals surface area contributed by atoms with Gasteiger partial charge in [0, 0.05) is 37.3 Å². The van der Waals surface area contributed by atoms with Crippen molar-refractivity contribution in [3.05, 3.63) is 188 Å². The molecule has 0 aliphatic heterocycles. The van der Waals surface area contributed by atoms with E-state index in [9.17, 15) is 0 Å². The molecule has 0 spiro atoms. The van der Waals surface area contributed by atoms with Gasteiger partial charge in [0.25, 0.3) is 0 Å². The lowest BCUT2D eigenvalue weighted by molar-refractivity contribution is 0.669. The molecular formula is C50H31NOS. The van der Waals surface area contributed by atoms with Crippen LogP contribution in [0, 0.1) is 0 Å². The van der Waals surface area contributed by atoms with Crippen molar-refractivity contribution in [2.24, 2.45) is 0 Å². The molecular weight excluding hydrogens is 663 g/mol. The molecule has 0 amide bonds. The molecule has 0 saturated heterocycles. The predicted octanol–water partition coefficient (Wildman–Crippen LogP) is 15.1. The smallest absolute Gasteiger partial charge is 0.136 e. The third kappa shape index (κ3) is 4.86. The van der Waals surface area contributed by atoms with E-state index < -0.39 is 0 Å². The number of fused-ring (bicyclic) bond motifs is 8. The zero-order valence-electron chi connectivity index (χ0n) is 28.7. The normalized spacial score (nSPS) is 11.8. The summed E-state index contributed by atoms with van der Waals surface area (Å²) in [5.41, 5.74) is 9.96. The SMILES string of the molecule is c1ccc(-c2ccc(N(c3ccc(-c4ccc5c(c4)oc4cc6ccccc6cc45)c4ccccc34)c3cccc4c3sc3ccccc34)cc2)cc1. The van der Waals surface area contributed by atoms with Gasteiger partial charge in [-0.3, -0.25) is 0 Å². The van der Waals surface area contributed by atoms with Gasteiger partial charge in [0.2, 0.25) is 0 Å². The van der Waals surface area contributed by atoms with Crippen LogP contribution in [0.4, 0.5) is 17.1 Å². The van der Waals surface area contributed by atoms with Crippen molar-refractivity contribution < 1.29 is 4.42 Å². The van der Waals surface area contributed by atoms with Crippen molar-refractivity contribution in [2.75, 3.05) is 4.90 Å². The van der Waals surface area contributed by atoms with Crippen LogP contribution in [0.5, 0.6) is 0 Å². The molecule has 0 atom stereocenters. The molecule has 0 unspecified atom stereocenters. The highest BCUT2D eigenvalue weighted by molar-refractivity contribution is 7.26. The Morgan fingerprint density at radius 1 is 0.377 bits per heavy atom. The molecule has 0 aliphatic carbocycles. The Morgan fingerprint density at radius 3 is 1.89 bits per heavy atom. The van der Waals surface area contributed by atoms with E-state index in [1.165, 1.54) is 64.1 Å².